The molecule has 0 radical (unpaired) electrons. The van der Waals surface area contributed by atoms with E-state index < -0.39 is 11.9 Å². The van der Waals surface area contributed by atoms with Gasteiger partial charge in [0.1, 0.15) is 6.04 Å². The highest BCUT2D eigenvalue weighted by Gasteiger charge is 2.22. The van der Waals surface area contributed by atoms with Crippen molar-refractivity contribution in [3.63, 3.8) is 0 Å². The highest BCUT2D eigenvalue weighted by atomic mass is 16.2. The lowest BCUT2D eigenvalue weighted by atomic mass is 10.0. The highest BCUT2D eigenvalue weighted by Crippen LogP contribution is 2.27. The first-order valence-electron chi connectivity index (χ1n) is 6.22. The molecule has 0 aromatic heterocycles. The molecule has 4 heteroatoms. The minimum atomic E-state index is -0.610. The van der Waals surface area contributed by atoms with Crippen LogP contribution in [-0.2, 0) is 9.59 Å². The van der Waals surface area contributed by atoms with Gasteiger partial charge in [-0.25, -0.2) is 0 Å². The third-order valence-electron chi connectivity index (χ3n) is 3.18. The standard InChI is InChI=1S/C13H22N2O2/c1-9(2)7-11(13(14)17)15-12(16)8-10-5-3-4-6-10/h10-11H,1,3-8H2,2H3,(H2,14,17)(H,15,16)/t11-/m1/s1. The molecule has 1 atom stereocenters. The minimum absolute atomic E-state index is 0.0676. The molecule has 0 spiro atoms. The van der Waals surface area contributed by atoms with Gasteiger partial charge in [-0.1, -0.05) is 18.4 Å². The smallest absolute Gasteiger partial charge is 0.240 e. The van der Waals surface area contributed by atoms with E-state index in [2.05, 4.69) is 11.9 Å². The summed E-state index contributed by atoms with van der Waals surface area (Å²) in [4.78, 5) is 22.9. The van der Waals surface area contributed by atoms with Gasteiger partial charge in [0.25, 0.3) is 0 Å². The lowest BCUT2D eigenvalue weighted by Gasteiger charge is -2.16. The third-order valence-corrected chi connectivity index (χ3v) is 3.18. The Balaban J connectivity index is 2.40. The van der Waals surface area contributed by atoms with Gasteiger partial charge < -0.3 is 11.1 Å². The van der Waals surface area contributed by atoms with Gasteiger partial charge in [-0.05, 0) is 32.1 Å². The molecule has 0 unspecified atom stereocenters. The molecule has 17 heavy (non-hydrogen) atoms. The maximum atomic E-state index is 11.7. The first-order chi connectivity index (χ1) is 7.99. The fourth-order valence-corrected chi connectivity index (χ4v) is 2.30. The van der Waals surface area contributed by atoms with Crippen LogP contribution >= 0.6 is 0 Å². The van der Waals surface area contributed by atoms with Crippen LogP contribution in [0.15, 0.2) is 12.2 Å². The number of nitrogens with two attached hydrogens (primary N) is 1. The summed E-state index contributed by atoms with van der Waals surface area (Å²) >= 11 is 0. The van der Waals surface area contributed by atoms with Gasteiger partial charge in [-0.15, -0.1) is 6.58 Å². The predicted octanol–water partition coefficient (Wildman–Crippen LogP) is 1.50. The van der Waals surface area contributed by atoms with Crippen LogP contribution in [0.2, 0.25) is 0 Å². The summed E-state index contributed by atoms with van der Waals surface area (Å²) in [7, 11) is 0. The van der Waals surface area contributed by atoms with Gasteiger partial charge in [0.15, 0.2) is 0 Å². The van der Waals surface area contributed by atoms with E-state index in [-0.39, 0.29) is 5.91 Å². The molecular weight excluding hydrogens is 216 g/mol. The first kappa shape index (κ1) is 13.7. The number of rotatable bonds is 6. The van der Waals surface area contributed by atoms with E-state index in [0.717, 1.165) is 18.4 Å². The van der Waals surface area contributed by atoms with Crippen molar-refractivity contribution >= 4 is 11.8 Å². The summed E-state index contributed by atoms with van der Waals surface area (Å²) in [6.45, 7) is 5.55. The van der Waals surface area contributed by atoms with Crippen molar-refractivity contribution in [3.8, 4) is 0 Å². The van der Waals surface area contributed by atoms with Gasteiger partial charge in [0.2, 0.25) is 11.8 Å². The van der Waals surface area contributed by atoms with Crippen LogP contribution in [0.3, 0.4) is 0 Å². The average Bonchev–Trinajstić information content (AvgIpc) is 2.68. The Kier molecular flexibility index (Phi) is 5.19. The quantitative estimate of drug-likeness (QED) is 0.688. The Morgan fingerprint density at radius 3 is 2.47 bits per heavy atom. The van der Waals surface area contributed by atoms with Crippen molar-refractivity contribution in [1.82, 2.24) is 5.32 Å². The highest BCUT2D eigenvalue weighted by molar-refractivity contribution is 5.86. The molecule has 1 saturated carbocycles. The third kappa shape index (κ3) is 5.02. The molecule has 0 aliphatic heterocycles. The zero-order chi connectivity index (χ0) is 12.8. The Hall–Kier alpha value is -1.32. The summed E-state index contributed by atoms with van der Waals surface area (Å²) in [6, 6.07) is -0.610. The van der Waals surface area contributed by atoms with Crippen LogP contribution in [0.25, 0.3) is 0 Å². The molecule has 0 bridgehead atoms. The topological polar surface area (TPSA) is 72.2 Å². The summed E-state index contributed by atoms with van der Waals surface area (Å²) in [5.74, 6) is -0.0805. The predicted molar refractivity (Wildman–Crippen MR) is 67.1 cm³/mol. The van der Waals surface area contributed by atoms with E-state index in [1.54, 1.807) is 0 Å². The van der Waals surface area contributed by atoms with E-state index >= 15 is 0 Å². The maximum Gasteiger partial charge on any atom is 0.240 e. The lowest BCUT2D eigenvalue weighted by Crippen LogP contribution is -2.44. The summed E-state index contributed by atoms with van der Waals surface area (Å²) in [5.41, 5.74) is 6.09. The van der Waals surface area contributed by atoms with Crippen molar-refractivity contribution in [2.24, 2.45) is 11.7 Å². The number of amides is 2. The molecule has 0 aromatic rings. The maximum absolute atomic E-state index is 11.7. The Morgan fingerprint density at radius 2 is 2.00 bits per heavy atom. The molecule has 4 nitrogen and oxygen atoms in total. The number of hydrogen-bond donors (Lipinski definition) is 2. The summed E-state index contributed by atoms with van der Waals surface area (Å²) in [6.07, 6.45) is 5.60. The molecule has 1 fully saturated rings. The van der Waals surface area contributed by atoms with Gasteiger partial charge >= 0.3 is 0 Å². The van der Waals surface area contributed by atoms with Crippen molar-refractivity contribution in [2.45, 2.75) is 51.5 Å². The van der Waals surface area contributed by atoms with Crippen LogP contribution in [0.1, 0.15) is 45.4 Å². The molecule has 1 aliphatic carbocycles. The molecule has 0 saturated heterocycles. The van der Waals surface area contributed by atoms with Crippen LogP contribution in [0.5, 0.6) is 0 Å². The normalized spacial score (nSPS) is 17.7. The van der Waals surface area contributed by atoms with E-state index in [0.29, 0.717) is 18.8 Å². The molecule has 0 heterocycles. The summed E-state index contributed by atoms with van der Waals surface area (Å²) < 4.78 is 0. The number of carbonyl (C=O) groups is 2. The minimum Gasteiger partial charge on any atom is -0.368 e. The van der Waals surface area contributed by atoms with E-state index in [1.807, 2.05) is 6.92 Å². The van der Waals surface area contributed by atoms with Crippen LogP contribution < -0.4 is 11.1 Å². The zero-order valence-electron chi connectivity index (χ0n) is 10.5. The Bertz CT molecular complexity index is 307. The number of hydrogen-bond acceptors (Lipinski definition) is 2. The van der Waals surface area contributed by atoms with Crippen molar-refractivity contribution in [3.05, 3.63) is 12.2 Å². The average molecular weight is 238 g/mol. The van der Waals surface area contributed by atoms with Gasteiger partial charge in [-0.2, -0.15) is 0 Å². The SMILES string of the molecule is C=C(C)C[C@@H](NC(=O)CC1CCCC1)C(N)=O. The van der Waals surface area contributed by atoms with Crippen molar-refractivity contribution in [1.29, 1.82) is 0 Å². The molecule has 2 amide bonds. The summed E-state index contributed by atoms with van der Waals surface area (Å²) in [5, 5.41) is 2.70. The second-order valence-corrected chi connectivity index (χ2v) is 5.04. The molecule has 96 valence electrons. The Labute approximate surface area is 103 Å². The van der Waals surface area contributed by atoms with Crippen molar-refractivity contribution < 1.29 is 9.59 Å². The molecular formula is C13H22N2O2. The van der Waals surface area contributed by atoms with Gasteiger partial charge in [-0.3, -0.25) is 9.59 Å². The monoisotopic (exact) mass is 238 g/mol. The lowest BCUT2D eigenvalue weighted by molar-refractivity contribution is -0.127. The zero-order valence-corrected chi connectivity index (χ0v) is 10.5. The number of carbonyl (C=O) groups excluding carboxylic acids is 2. The van der Waals surface area contributed by atoms with Crippen LogP contribution in [0.4, 0.5) is 0 Å². The van der Waals surface area contributed by atoms with Gasteiger partial charge in [0.05, 0.1) is 0 Å². The second kappa shape index (κ2) is 6.42. The van der Waals surface area contributed by atoms with E-state index in [4.69, 9.17) is 5.73 Å². The van der Waals surface area contributed by atoms with Gasteiger partial charge in [0, 0.05) is 6.42 Å². The fourth-order valence-electron chi connectivity index (χ4n) is 2.30. The largest absolute Gasteiger partial charge is 0.368 e. The molecule has 1 rings (SSSR count). The van der Waals surface area contributed by atoms with Crippen LogP contribution in [-0.4, -0.2) is 17.9 Å². The molecule has 3 N–H and O–H groups in total. The van der Waals surface area contributed by atoms with Crippen molar-refractivity contribution in [2.75, 3.05) is 0 Å². The van der Waals surface area contributed by atoms with Crippen LogP contribution in [0, 0.1) is 5.92 Å². The van der Waals surface area contributed by atoms with E-state index in [9.17, 15) is 9.59 Å². The Morgan fingerprint density at radius 1 is 1.41 bits per heavy atom. The molecule has 0 aromatic carbocycles. The second-order valence-electron chi connectivity index (χ2n) is 5.04. The fraction of sp³-hybridized carbons (Fsp3) is 0.692. The number of primary amides is 1. The van der Waals surface area contributed by atoms with E-state index in [1.165, 1.54) is 12.8 Å². The molecule has 1 aliphatic rings. The number of nitrogens with one attached hydrogen (secondary N) is 1. The first-order valence-corrected chi connectivity index (χ1v) is 6.22.